The second kappa shape index (κ2) is 6.62. The molecule has 3 aromatic rings. The highest BCUT2D eigenvalue weighted by Gasteiger charge is 2.16. The van der Waals surface area contributed by atoms with E-state index >= 15 is 0 Å². The number of amides is 1. The van der Waals surface area contributed by atoms with Crippen molar-refractivity contribution in [2.75, 3.05) is 12.4 Å². The molecule has 0 saturated heterocycles. The van der Waals surface area contributed by atoms with Crippen LogP contribution < -0.4 is 14.8 Å². The van der Waals surface area contributed by atoms with Gasteiger partial charge in [-0.25, -0.2) is 0 Å². The van der Waals surface area contributed by atoms with E-state index in [-0.39, 0.29) is 5.91 Å². The van der Waals surface area contributed by atoms with Gasteiger partial charge >= 0.3 is 0 Å². The van der Waals surface area contributed by atoms with E-state index < -0.39 is 6.10 Å². The summed E-state index contributed by atoms with van der Waals surface area (Å²) in [6.45, 7) is 3.43. The number of rotatable bonds is 5. The number of carbonyl (C=O) groups excluding carboxylic acids is 1. The Morgan fingerprint density at radius 3 is 2.50 bits per heavy atom. The largest absolute Gasteiger partial charge is 0.497 e. The van der Waals surface area contributed by atoms with E-state index in [1.165, 1.54) is 0 Å². The molecule has 24 heavy (non-hydrogen) atoms. The van der Waals surface area contributed by atoms with Crippen LogP contribution in [0.3, 0.4) is 0 Å². The molecule has 0 aliphatic heterocycles. The van der Waals surface area contributed by atoms with Gasteiger partial charge in [0, 0.05) is 6.07 Å². The van der Waals surface area contributed by atoms with Gasteiger partial charge in [0.1, 0.15) is 17.3 Å². The molecule has 3 rings (SSSR count). The van der Waals surface area contributed by atoms with Gasteiger partial charge < -0.3 is 19.3 Å². The van der Waals surface area contributed by atoms with Crippen LogP contribution >= 0.6 is 0 Å². The van der Waals surface area contributed by atoms with Crippen LogP contribution in [0.5, 0.6) is 11.5 Å². The van der Waals surface area contributed by atoms with Crippen molar-refractivity contribution < 1.29 is 18.8 Å². The fourth-order valence-corrected chi connectivity index (χ4v) is 2.31. The number of methoxy groups -OCH3 is 1. The van der Waals surface area contributed by atoms with Gasteiger partial charge in [-0.05, 0) is 48.9 Å². The molecule has 0 radical (unpaired) electrons. The lowest BCUT2D eigenvalue weighted by atomic mass is 10.1. The molecule has 2 aromatic carbocycles. The molecule has 0 bridgehead atoms. The fourth-order valence-electron chi connectivity index (χ4n) is 2.31. The summed E-state index contributed by atoms with van der Waals surface area (Å²) in [5.74, 6) is 2.08. The molecule has 1 N–H and O–H groups in total. The third-order valence-electron chi connectivity index (χ3n) is 3.58. The molecule has 1 heterocycles. The normalized spacial score (nSPS) is 12.0. The average molecular weight is 326 g/mol. The van der Waals surface area contributed by atoms with Gasteiger partial charge in [-0.1, -0.05) is 17.3 Å². The zero-order valence-electron chi connectivity index (χ0n) is 13.7. The number of hydrogen-bond acceptors (Lipinski definition) is 5. The number of anilines is 1. The number of benzene rings is 2. The second-order valence-corrected chi connectivity index (χ2v) is 5.45. The van der Waals surface area contributed by atoms with Gasteiger partial charge in [0.15, 0.2) is 11.9 Å². The number of carbonyl (C=O) groups is 1. The Bertz CT molecular complexity index is 872. The van der Waals surface area contributed by atoms with Gasteiger partial charge in [0.05, 0.1) is 7.11 Å². The molecular formula is C18H18N2O4. The van der Waals surface area contributed by atoms with Crippen molar-refractivity contribution >= 4 is 22.5 Å². The van der Waals surface area contributed by atoms with Crippen LogP contribution in [0.25, 0.3) is 10.8 Å². The predicted octanol–water partition coefficient (Wildman–Crippen LogP) is 3.55. The Morgan fingerprint density at radius 1 is 1.12 bits per heavy atom. The molecule has 6 heteroatoms. The molecular weight excluding hydrogens is 308 g/mol. The van der Waals surface area contributed by atoms with Crippen molar-refractivity contribution in [1.82, 2.24) is 5.16 Å². The van der Waals surface area contributed by atoms with Crippen LogP contribution in [0, 0.1) is 6.92 Å². The summed E-state index contributed by atoms with van der Waals surface area (Å²) >= 11 is 0. The zero-order chi connectivity index (χ0) is 17.1. The topological polar surface area (TPSA) is 73.6 Å². The summed E-state index contributed by atoms with van der Waals surface area (Å²) in [4.78, 5) is 12.2. The Balaban J connectivity index is 1.72. The molecule has 6 nitrogen and oxygen atoms in total. The average Bonchev–Trinajstić information content (AvgIpc) is 2.98. The maximum atomic E-state index is 12.2. The van der Waals surface area contributed by atoms with Crippen LogP contribution in [-0.4, -0.2) is 24.3 Å². The highest BCUT2D eigenvalue weighted by Crippen LogP contribution is 2.25. The minimum absolute atomic E-state index is 0.297. The minimum Gasteiger partial charge on any atom is -0.497 e. The minimum atomic E-state index is -0.676. The first-order valence-corrected chi connectivity index (χ1v) is 7.54. The number of aryl methyl sites for hydroxylation is 1. The summed E-state index contributed by atoms with van der Waals surface area (Å²) in [5, 5.41) is 8.42. The van der Waals surface area contributed by atoms with Crippen molar-refractivity contribution in [2.45, 2.75) is 20.0 Å². The molecule has 0 spiro atoms. The highest BCUT2D eigenvalue weighted by atomic mass is 16.5. The number of ether oxygens (including phenoxy) is 2. The van der Waals surface area contributed by atoms with E-state index in [1.54, 1.807) is 27.0 Å². The van der Waals surface area contributed by atoms with E-state index in [9.17, 15) is 4.79 Å². The third-order valence-corrected chi connectivity index (χ3v) is 3.58. The second-order valence-electron chi connectivity index (χ2n) is 5.45. The van der Waals surface area contributed by atoms with Crippen LogP contribution in [0.15, 0.2) is 47.0 Å². The van der Waals surface area contributed by atoms with Crippen LogP contribution in [0.2, 0.25) is 0 Å². The summed E-state index contributed by atoms with van der Waals surface area (Å²) < 4.78 is 15.9. The summed E-state index contributed by atoms with van der Waals surface area (Å²) in [6, 6.07) is 13.1. The highest BCUT2D eigenvalue weighted by molar-refractivity contribution is 5.93. The molecule has 0 saturated carbocycles. The standard InChI is InChI=1S/C18H18N2O4/c1-11-8-17(20-24-11)19-18(21)12(2)23-16-7-5-13-4-6-15(22-3)9-14(13)10-16/h4-10,12H,1-3H3,(H,19,20,21)/t12-/m1/s1. The zero-order valence-corrected chi connectivity index (χ0v) is 13.7. The lowest BCUT2D eigenvalue weighted by Gasteiger charge is -2.14. The first-order chi connectivity index (χ1) is 11.5. The Hall–Kier alpha value is -3.02. The molecule has 0 aliphatic carbocycles. The fraction of sp³-hybridized carbons (Fsp3) is 0.222. The Morgan fingerprint density at radius 2 is 1.83 bits per heavy atom. The Kier molecular flexibility index (Phi) is 4.37. The smallest absolute Gasteiger partial charge is 0.266 e. The number of nitrogens with zero attached hydrogens (tertiary/aromatic N) is 1. The maximum Gasteiger partial charge on any atom is 0.266 e. The quantitative estimate of drug-likeness (QED) is 0.776. The summed E-state index contributed by atoms with van der Waals surface area (Å²) in [6.07, 6.45) is -0.676. The van der Waals surface area contributed by atoms with Crippen molar-refractivity contribution in [2.24, 2.45) is 0 Å². The van der Waals surface area contributed by atoms with Gasteiger partial charge in [-0.2, -0.15) is 0 Å². The number of fused-ring (bicyclic) bond motifs is 1. The molecule has 1 amide bonds. The van der Waals surface area contributed by atoms with E-state index in [0.29, 0.717) is 17.3 Å². The van der Waals surface area contributed by atoms with Gasteiger partial charge in [-0.3, -0.25) is 4.79 Å². The SMILES string of the molecule is COc1ccc2ccc(O[C@H](C)C(=O)Nc3cc(C)on3)cc2c1. The van der Waals surface area contributed by atoms with Gasteiger partial charge in [0.2, 0.25) is 0 Å². The molecule has 124 valence electrons. The van der Waals surface area contributed by atoms with Crippen molar-refractivity contribution in [3.8, 4) is 11.5 Å². The molecule has 0 fully saturated rings. The van der Waals surface area contributed by atoms with Crippen molar-refractivity contribution in [3.05, 3.63) is 48.2 Å². The number of nitrogens with one attached hydrogen (secondary N) is 1. The van der Waals surface area contributed by atoms with Gasteiger partial charge in [-0.15, -0.1) is 0 Å². The third kappa shape index (κ3) is 3.48. The van der Waals surface area contributed by atoms with E-state index in [1.807, 2.05) is 36.4 Å². The van der Waals surface area contributed by atoms with Crippen molar-refractivity contribution in [1.29, 1.82) is 0 Å². The monoisotopic (exact) mass is 326 g/mol. The molecule has 0 unspecified atom stereocenters. The number of hydrogen-bond donors (Lipinski definition) is 1. The van der Waals surface area contributed by atoms with E-state index in [4.69, 9.17) is 14.0 Å². The Labute approximate surface area is 139 Å². The van der Waals surface area contributed by atoms with E-state index in [0.717, 1.165) is 16.5 Å². The van der Waals surface area contributed by atoms with Crippen LogP contribution in [0.1, 0.15) is 12.7 Å². The first kappa shape index (κ1) is 15.9. The number of aromatic nitrogens is 1. The molecule has 0 aliphatic rings. The van der Waals surface area contributed by atoms with E-state index in [2.05, 4.69) is 10.5 Å². The van der Waals surface area contributed by atoms with Crippen LogP contribution in [-0.2, 0) is 4.79 Å². The first-order valence-electron chi connectivity index (χ1n) is 7.54. The summed E-state index contributed by atoms with van der Waals surface area (Å²) in [5.41, 5.74) is 0. The maximum absolute atomic E-state index is 12.2. The lowest BCUT2D eigenvalue weighted by molar-refractivity contribution is -0.122. The van der Waals surface area contributed by atoms with Crippen LogP contribution in [0.4, 0.5) is 5.82 Å². The van der Waals surface area contributed by atoms with Crippen molar-refractivity contribution in [3.63, 3.8) is 0 Å². The van der Waals surface area contributed by atoms with Gasteiger partial charge in [0.25, 0.3) is 5.91 Å². The lowest BCUT2D eigenvalue weighted by Crippen LogP contribution is -2.30. The predicted molar refractivity (Wildman–Crippen MR) is 90.5 cm³/mol. The molecule has 1 aromatic heterocycles. The molecule has 1 atom stereocenters. The summed E-state index contributed by atoms with van der Waals surface area (Å²) in [7, 11) is 1.62.